The minimum atomic E-state index is -1.11. The van der Waals surface area contributed by atoms with Crippen molar-refractivity contribution in [2.24, 2.45) is 12.5 Å². The summed E-state index contributed by atoms with van der Waals surface area (Å²) < 4.78 is 34.9. The summed E-state index contributed by atoms with van der Waals surface area (Å²) in [5.74, 6) is -3.12. The van der Waals surface area contributed by atoms with Crippen LogP contribution in [0.1, 0.15) is 67.0 Å². The topological polar surface area (TPSA) is 216 Å². The van der Waals surface area contributed by atoms with E-state index in [-0.39, 0.29) is 53.9 Å². The molecule has 4 aromatic carbocycles. The summed E-state index contributed by atoms with van der Waals surface area (Å²) in [6.45, 7) is 10.5. The van der Waals surface area contributed by atoms with Gasteiger partial charge in [0.2, 0.25) is 23.1 Å². The molecular weight excluding hydrogens is 944 g/mol. The number of fused-ring (bicyclic) bond motifs is 2. The van der Waals surface area contributed by atoms with Crippen molar-refractivity contribution in [1.29, 1.82) is 0 Å². The second-order valence-corrected chi connectivity index (χ2v) is 19.5. The Balaban J connectivity index is 0.911. The van der Waals surface area contributed by atoms with Gasteiger partial charge in [0, 0.05) is 55.5 Å². The maximum Gasteiger partial charge on any atom is 0.261 e. The molecule has 4 amide bonds. The first-order valence-corrected chi connectivity index (χ1v) is 24.1. The van der Waals surface area contributed by atoms with E-state index in [9.17, 15) is 29.1 Å². The average molecular weight is 999 g/mol. The van der Waals surface area contributed by atoms with E-state index in [1.165, 1.54) is 42.6 Å². The van der Waals surface area contributed by atoms with Crippen LogP contribution in [0.15, 0.2) is 89.4 Å². The molecule has 1 fully saturated rings. The number of benzene rings is 4. The summed E-state index contributed by atoms with van der Waals surface area (Å²) in [6.07, 6.45) is 1.01. The maximum atomic E-state index is 15.7. The third-order valence-corrected chi connectivity index (χ3v) is 13.7. The summed E-state index contributed by atoms with van der Waals surface area (Å²) in [5.41, 5.74) is 5.79. The smallest absolute Gasteiger partial charge is 0.261 e. The number of ether oxygens (including phenoxy) is 3. The second-order valence-electron chi connectivity index (χ2n) is 18.7. The molecule has 374 valence electrons. The first-order chi connectivity index (χ1) is 34.3. The van der Waals surface area contributed by atoms with Crippen LogP contribution in [0, 0.1) is 25.1 Å². The summed E-state index contributed by atoms with van der Waals surface area (Å²) >= 11 is 1.55. The molecule has 3 atom stereocenters. The quantitative estimate of drug-likeness (QED) is 0.0805. The third-order valence-electron chi connectivity index (χ3n) is 12.7. The molecule has 1 aliphatic rings. The van der Waals surface area contributed by atoms with Gasteiger partial charge in [-0.15, -0.1) is 11.3 Å². The van der Waals surface area contributed by atoms with Gasteiger partial charge in [0.1, 0.15) is 24.0 Å². The summed E-state index contributed by atoms with van der Waals surface area (Å²) in [7, 11) is 3.16. The van der Waals surface area contributed by atoms with E-state index in [0.29, 0.717) is 33.9 Å². The van der Waals surface area contributed by atoms with Gasteiger partial charge in [-0.1, -0.05) is 58.0 Å². The SMILES string of the molecule is CCc1ccc2c(c1)c(=O)c(C(=O)Nc1ccc(Oc3ncnc4cc(OCC(=O)N[C@H](C(=O)N5C[C@H](O)C[C@H]5C(=O)NCc5ccc(-c6scnc6C)cc5)C(C)(C)C)c(OC)cc34)c(F)c1)c(C)n2C. The molecule has 4 N–H and O–H groups in total. The van der Waals surface area contributed by atoms with E-state index in [2.05, 4.69) is 30.9 Å². The Hall–Kier alpha value is -7.77. The maximum absolute atomic E-state index is 15.7. The van der Waals surface area contributed by atoms with Crippen LogP contribution in [0.3, 0.4) is 0 Å². The molecule has 7 aromatic rings. The molecule has 0 radical (unpaired) electrons. The number of amides is 4. The van der Waals surface area contributed by atoms with Crippen molar-refractivity contribution >= 4 is 62.5 Å². The number of anilines is 1. The zero-order valence-electron chi connectivity index (χ0n) is 41.1. The summed E-state index contributed by atoms with van der Waals surface area (Å²) in [6, 6.07) is 18.1. The molecule has 4 heterocycles. The van der Waals surface area contributed by atoms with Crippen molar-refractivity contribution in [2.45, 2.75) is 79.1 Å². The predicted molar refractivity (Wildman–Crippen MR) is 271 cm³/mol. The summed E-state index contributed by atoms with van der Waals surface area (Å²) in [5, 5.41) is 19.7. The van der Waals surface area contributed by atoms with Gasteiger partial charge in [0.25, 0.3) is 11.8 Å². The molecule has 1 aliphatic heterocycles. The molecule has 0 saturated carbocycles. The highest BCUT2D eigenvalue weighted by Gasteiger charge is 2.44. The van der Waals surface area contributed by atoms with Crippen LogP contribution in [0.4, 0.5) is 10.1 Å². The van der Waals surface area contributed by atoms with E-state index in [0.717, 1.165) is 33.3 Å². The number of aliphatic hydroxyl groups excluding tert-OH is 1. The Kier molecular flexibility index (Phi) is 14.7. The normalized spacial score (nSPS) is 15.1. The van der Waals surface area contributed by atoms with Gasteiger partial charge in [-0.05, 0) is 72.7 Å². The number of likely N-dealkylation sites (tertiary alicyclic amines) is 1. The minimum absolute atomic E-state index is 0.0329. The molecule has 0 bridgehead atoms. The second kappa shape index (κ2) is 20.9. The van der Waals surface area contributed by atoms with Crippen LogP contribution in [0.25, 0.3) is 32.2 Å². The standard InChI is InChI=1S/C53H55FN8O9S/c1-9-30-12-16-39-36(18-30)46(65)45(29(3)61(39)7)50(67)59-33-15-17-41(37(54)19-33)71-51-35-21-42(69-8)43(22-38(35)56-26-57-51)70-25-44(64)60-48(53(4,5)6)52(68)62-24-34(63)20-40(62)49(66)55-23-31-10-13-32(14-11-31)47-28(2)58-27-72-47/h10-19,21-22,26-27,34,40,48,63H,9,20,23-25H2,1-8H3,(H,55,66)(H,59,67)(H,60,64)/t34-,40+,48-/m1/s1. The number of hydrogen-bond acceptors (Lipinski definition) is 13. The van der Waals surface area contributed by atoms with Crippen LogP contribution in [0.5, 0.6) is 23.1 Å². The van der Waals surface area contributed by atoms with Crippen molar-refractivity contribution in [3.05, 3.63) is 129 Å². The monoisotopic (exact) mass is 998 g/mol. The van der Waals surface area contributed by atoms with E-state index in [4.69, 9.17) is 14.2 Å². The van der Waals surface area contributed by atoms with Gasteiger partial charge in [0.05, 0.1) is 45.7 Å². The van der Waals surface area contributed by atoms with Crippen LogP contribution >= 0.6 is 11.3 Å². The molecule has 19 heteroatoms. The number of aryl methyl sites for hydroxylation is 3. The Morgan fingerprint density at radius 1 is 0.931 bits per heavy atom. The molecule has 1 saturated heterocycles. The number of hydrogen-bond donors (Lipinski definition) is 4. The molecule has 0 spiro atoms. The molecular formula is C53H55FN8O9S. The molecule has 72 heavy (non-hydrogen) atoms. The lowest BCUT2D eigenvalue weighted by Gasteiger charge is -2.35. The van der Waals surface area contributed by atoms with Gasteiger partial charge in [-0.2, -0.15) is 0 Å². The molecule has 17 nitrogen and oxygen atoms in total. The third kappa shape index (κ3) is 10.6. The number of methoxy groups -OCH3 is 1. The van der Waals surface area contributed by atoms with Gasteiger partial charge in [0.15, 0.2) is 29.7 Å². The highest BCUT2D eigenvalue weighted by molar-refractivity contribution is 7.13. The molecule has 0 unspecified atom stereocenters. The Morgan fingerprint density at radius 2 is 1.68 bits per heavy atom. The first-order valence-electron chi connectivity index (χ1n) is 23.3. The Labute approximate surface area is 418 Å². The van der Waals surface area contributed by atoms with Gasteiger partial charge < -0.3 is 44.7 Å². The number of nitrogens with zero attached hydrogens (tertiary/aromatic N) is 5. The molecule has 0 aliphatic carbocycles. The van der Waals surface area contributed by atoms with E-state index in [1.807, 2.05) is 50.2 Å². The fourth-order valence-corrected chi connectivity index (χ4v) is 9.48. The van der Waals surface area contributed by atoms with Gasteiger partial charge >= 0.3 is 0 Å². The number of rotatable bonds is 15. The van der Waals surface area contributed by atoms with Crippen molar-refractivity contribution in [3.63, 3.8) is 0 Å². The number of halogens is 1. The fraction of sp³-hybridized carbons (Fsp3) is 0.321. The van der Waals surface area contributed by atoms with E-state index in [1.54, 1.807) is 62.2 Å². The van der Waals surface area contributed by atoms with Crippen LogP contribution in [-0.2, 0) is 34.4 Å². The Morgan fingerprint density at radius 3 is 2.36 bits per heavy atom. The number of thiazole rings is 1. The van der Waals surface area contributed by atoms with Crippen LogP contribution in [0.2, 0.25) is 0 Å². The van der Waals surface area contributed by atoms with Crippen molar-refractivity contribution in [3.8, 4) is 33.6 Å². The number of carbonyl (C=O) groups is 4. The van der Waals surface area contributed by atoms with Crippen molar-refractivity contribution in [1.82, 2.24) is 35.1 Å². The number of aromatic nitrogens is 4. The van der Waals surface area contributed by atoms with Gasteiger partial charge in [-0.25, -0.2) is 19.3 Å². The van der Waals surface area contributed by atoms with Gasteiger partial charge in [-0.3, -0.25) is 24.0 Å². The van der Waals surface area contributed by atoms with Crippen molar-refractivity contribution < 1.29 is 42.9 Å². The largest absolute Gasteiger partial charge is 0.493 e. The average Bonchev–Trinajstić information content (AvgIpc) is 3.98. The van der Waals surface area contributed by atoms with Crippen LogP contribution in [-0.4, -0.2) is 91.6 Å². The summed E-state index contributed by atoms with van der Waals surface area (Å²) in [4.78, 5) is 83.7. The molecule has 8 rings (SSSR count). The zero-order chi connectivity index (χ0) is 51.6. The van der Waals surface area contributed by atoms with E-state index < -0.39 is 65.1 Å². The lowest BCUT2D eigenvalue weighted by molar-refractivity contribution is -0.144. The number of carbonyl (C=O) groups excluding carboxylic acids is 4. The zero-order valence-corrected chi connectivity index (χ0v) is 41.9. The first kappa shape index (κ1) is 50.6. The lowest BCUT2D eigenvalue weighted by Crippen LogP contribution is -2.58. The molecule has 3 aromatic heterocycles. The number of aliphatic hydroxyl groups is 1. The Bertz CT molecular complexity index is 3300. The van der Waals surface area contributed by atoms with Crippen molar-refractivity contribution in [2.75, 3.05) is 25.6 Å². The van der Waals surface area contributed by atoms with E-state index >= 15 is 4.39 Å². The fourth-order valence-electron chi connectivity index (χ4n) is 8.67. The number of pyridine rings is 1. The minimum Gasteiger partial charge on any atom is -0.493 e. The number of β-amino-alcohol motifs (C(OH)–C–C–N with tert-alkyl or cyclic N) is 1. The van der Waals surface area contributed by atoms with Crippen LogP contribution < -0.4 is 35.6 Å². The lowest BCUT2D eigenvalue weighted by atomic mass is 9.85. The predicted octanol–water partition coefficient (Wildman–Crippen LogP) is 7.16. The highest BCUT2D eigenvalue weighted by atomic mass is 32.1. The highest BCUT2D eigenvalue weighted by Crippen LogP contribution is 2.37. The number of nitrogens with one attached hydrogen (secondary N) is 3.